The highest BCUT2D eigenvalue weighted by Crippen LogP contribution is 2.62. The normalized spacial score (nSPS) is 40.4. The fourth-order valence-corrected chi connectivity index (χ4v) is 6.35. The quantitative estimate of drug-likeness (QED) is 0.722. The molecule has 0 spiro atoms. The van der Waals surface area contributed by atoms with Gasteiger partial charge in [-0.15, -0.1) is 0 Å². The third-order valence-corrected chi connectivity index (χ3v) is 6.71. The van der Waals surface area contributed by atoms with E-state index in [0.717, 1.165) is 36.3 Å². The minimum Gasteiger partial charge on any atom is -0.385 e. The first-order valence-electron chi connectivity index (χ1n) is 9.39. The van der Waals surface area contributed by atoms with Crippen LogP contribution >= 0.6 is 0 Å². The van der Waals surface area contributed by atoms with Gasteiger partial charge in [0.25, 0.3) is 0 Å². The number of ether oxygens (including phenoxy) is 1. The highest BCUT2D eigenvalue weighted by atomic mass is 16.5. The Balaban J connectivity index is 1.74. The zero-order valence-corrected chi connectivity index (χ0v) is 14.4. The molecule has 1 N–H and O–H groups in total. The average Bonchev–Trinajstić information content (AvgIpc) is 2.43. The Bertz CT molecular complexity index is 305. The van der Waals surface area contributed by atoms with E-state index in [-0.39, 0.29) is 0 Å². The third-order valence-electron chi connectivity index (χ3n) is 6.71. The monoisotopic (exact) mass is 293 g/mol. The van der Waals surface area contributed by atoms with Crippen LogP contribution in [0.25, 0.3) is 0 Å². The summed E-state index contributed by atoms with van der Waals surface area (Å²) in [5, 5.41) is 3.98. The Morgan fingerprint density at radius 1 is 1.10 bits per heavy atom. The van der Waals surface area contributed by atoms with Gasteiger partial charge in [0.05, 0.1) is 0 Å². The lowest BCUT2D eigenvalue weighted by atomic mass is 9.46. The molecule has 0 amide bonds. The lowest BCUT2D eigenvalue weighted by molar-refractivity contribution is -0.0852. The van der Waals surface area contributed by atoms with Crippen molar-refractivity contribution in [3.05, 3.63) is 0 Å². The number of methoxy groups -OCH3 is 1. The highest BCUT2D eigenvalue weighted by Gasteiger charge is 2.54. The molecule has 2 unspecified atom stereocenters. The van der Waals surface area contributed by atoms with E-state index >= 15 is 0 Å². The Kier molecular flexibility index (Phi) is 4.95. The zero-order valence-electron chi connectivity index (χ0n) is 14.4. The third kappa shape index (κ3) is 3.17. The summed E-state index contributed by atoms with van der Waals surface area (Å²) in [6.45, 7) is 6.86. The summed E-state index contributed by atoms with van der Waals surface area (Å²) in [5.74, 6) is 3.90. The minimum absolute atomic E-state index is 0.622. The number of rotatable bonds is 8. The Hall–Kier alpha value is -0.0800. The number of hydrogen-bond acceptors (Lipinski definition) is 2. The van der Waals surface area contributed by atoms with Gasteiger partial charge in [0, 0.05) is 19.8 Å². The van der Waals surface area contributed by atoms with E-state index in [2.05, 4.69) is 19.2 Å². The van der Waals surface area contributed by atoms with Crippen molar-refractivity contribution in [3.8, 4) is 0 Å². The minimum atomic E-state index is 0.622. The van der Waals surface area contributed by atoms with Crippen molar-refractivity contribution in [1.29, 1.82) is 0 Å². The van der Waals surface area contributed by atoms with Crippen molar-refractivity contribution < 1.29 is 4.74 Å². The van der Waals surface area contributed by atoms with Crippen LogP contribution < -0.4 is 5.32 Å². The van der Waals surface area contributed by atoms with Gasteiger partial charge >= 0.3 is 0 Å². The van der Waals surface area contributed by atoms with Gasteiger partial charge in [0.15, 0.2) is 0 Å². The van der Waals surface area contributed by atoms with Crippen LogP contribution in [0.3, 0.4) is 0 Å². The molecule has 4 fully saturated rings. The van der Waals surface area contributed by atoms with Crippen molar-refractivity contribution in [3.63, 3.8) is 0 Å². The molecule has 4 rings (SSSR count). The van der Waals surface area contributed by atoms with Crippen molar-refractivity contribution in [2.45, 2.75) is 71.3 Å². The van der Waals surface area contributed by atoms with Crippen LogP contribution in [0.2, 0.25) is 0 Å². The molecular weight excluding hydrogens is 258 g/mol. The van der Waals surface area contributed by atoms with E-state index in [4.69, 9.17) is 4.74 Å². The maximum Gasteiger partial charge on any atom is 0.0465 e. The summed E-state index contributed by atoms with van der Waals surface area (Å²) in [6, 6.07) is 0.723. The molecule has 0 aromatic heterocycles. The van der Waals surface area contributed by atoms with Gasteiger partial charge in [-0.05, 0) is 87.0 Å². The Morgan fingerprint density at radius 3 is 2.14 bits per heavy atom. The van der Waals surface area contributed by atoms with E-state index in [0.29, 0.717) is 5.41 Å². The van der Waals surface area contributed by atoms with Crippen LogP contribution in [0.4, 0.5) is 0 Å². The summed E-state index contributed by atoms with van der Waals surface area (Å²) in [6.07, 6.45) is 11.6. The van der Waals surface area contributed by atoms with Gasteiger partial charge in [-0.1, -0.05) is 13.8 Å². The summed E-state index contributed by atoms with van der Waals surface area (Å²) in [7, 11) is 1.84. The molecule has 4 saturated carbocycles. The second-order valence-corrected chi connectivity index (χ2v) is 8.47. The molecule has 0 radical (unpaired) electrons. The molecule has 4 aliphatic carbocycles. The number of hydrogen-bond donors (Lipinski definition) is 1. The van der Waals surface area contributed by atoms with Gasteiger partial charge in [0.1, 0.15) is 0 Å². The summed E-state index contributed by atoms with van der Waals surface area (Å²) >= 11 is 0. The van der Waals surface area contributed by atoms with Crippen molar-refractivity contribution in [1.82, 2.24) is 5.32 Å². The average molecular weight is 293 g/mol. The molecule has 0 aromatic carbocycles. The molecule has 0 aliphatic heterocycles. The van der Waals surface area contributed by atoms with E-state index in [1.165, 1.54) is 38.6 Å². The molecule has 2 nitrogen and oxygen atoms in total. The first kappa shape index (κ1) is 15.8. The predicted octanol–water partition coefficient (Wildman–Crippen LogP) is 4.24. The molecule has 0 saturated heterocycles. The molecule has 4 aliphatic rings. The summed E-state index contributed by atoms with van der Waals surface area (Å²) in [4.78, 5) is 0. The zero-order chi connectivity index (χ0) is 14.9. The van der Waals surface area contributed by atoms with Gasteiger partial charge < -0.3 is 10.1 Å². The maximum atomic E-state index is 5.36. The van der Waals surface area contributed by atoms with Crippen molar-refractivity contribution in [2.24, 2.45) is 29.1 Å². The van der Waals surface area contributed by atoms with Crippen LogP contribution in [0.15, 0.2) is 0 Å². The fraction of sp³-hybridized carbons (Fsp3) is 1.00. The predicted molar refractivity (Wildman–Crippen MR) is 88.3 cm³/mol. The molecule has 122 valence electrons. The Morgan fingerprint density at radius 2 is 1.67 bits per heavy atom. The van der Waals surface area contributed by atoms with E-state index in [1.807, 2.05) is 7.11 Å². The lowest BCUT2D eigenvalue weighted by Crippen LogP contribution is -2.58. The fourth-order valence-electron chi connectivity index (χ4n) is 6.35. The standard InChI is InChI=1S/C19H35NO/c1-4-6-20-18(14(2)5-7-21-3)19-11-15-8-16(12-19)10-17(9-15)13-19/h14-18,20H,4-13H2,1-3H3. The van der Waals surface area contributed by atoms with E-state index < -0.39 is 0 Å². The van der Waals surface area contributed by atoms with Gasteiger partial charge in [0.2, 0.25) is 0 Å². The number of nitrogens with one attached hydrogen (secondary N) is 1. The van der Waals surface area contributed by atoms with Crippen molar-refractivity contribution >= 4 is 0 Å². The highest BCUT2D eigenvalue weighted by molar-refractivity contribution is 5.07. The smallest absolute Gasteiger partial charge is 0.0465 e. The molecule has 4 bridgehead atoms. The SMILES string of the molecule is CCCNC(C(C)CCOC)C12CC3CC(CC(C3)C1)C2. The molecule has 0 aromatic rings. The van der Waals surface area contributed by atoms with Crippen molar-refractivity contribution in [2.75, 3.05) is 20.3 Å². The second kappa shape index (κ2) is 6.58. The Labute approximate surface area is 131 Å². The van der Waals surface area contributed by atoms with Crippen LogP contribution in [0.5, 0.6) is 0 Å². The summed E-state index contributed by atoms with van der Waals surface area (Å²) in [5.41, 5.74) is 0.622. The topological polar surface area (TPSA) is 21.3 Å². The van der Waals surface area contributed by atoms with Crippen LogP contribution in [0.1, 0.15) is 65.2 Å². The molecular formula is C19H35NO. The maximum absolute atomic E-state index is 5.36. The van der Waals surface area contributed by atoms with Crippen LogP contribution in [-0.4, -0.2) is 26.3 Å². The first-order chi connectivity index (χ1) is 10.2. The molecule has 21 heavy (non-hydrogen) atoms. The van der Waals surface area contributed by atoms with E-state index in [9.17, 15) is 0 Å². The summed E-state index contributed by atoms with van der Waals surface area (Å²) < 4.78 is 5.36. The first-order valence-corrected chi connectivity index (χ1v) is 9.39. The lowest BCUT2D eigenvalue weighted by Gasteiger charge is -2.60. The second-order valence-electron chi connectivity index (χ2n) is 8.47. The van der Waals surface area contributed by atoms with Crippen LogP contribution in [-0.2, 0) is 4.74 Å². The van der Waals surface area contributed by atoms with Gasteiger partial charge in [-0.3, -0.25) is 0 Å². The van der Waals surface area contributed by atoms with Crippen LogP contribution in [0, 0.1) is 29.1 Å². The molecule has 2 heteroatoms. The largest absolute Gasteiger partial charge is 0.385 e. The molecule has 0 heterocycles. The molecule has 2 atom stereocenters. The van der Waals surface area contributed by atoms with Gasteiger partial charge in [-0.25, -0.2) is 0 Å². The van der Waals surface area contributed by atoms with Gasteiger partial charge in [-0.2, -0.15) is 0 Å². The van der Waals surface area contributed by atoms with E-state index in [1.54, 1.807) is 19.3 Å².